The summed E-state index contributed by atoms with van der Waals surface area (Å²) >= 11 is 3.03. The van der Waals surface area contributed by atoms with Gasteiger partial charge in [-0.3, -0.25) is 9.36 Å². The van der Waals surface area contributed by atoms with Crippen molar-refractivity contribution in [3.63, 3.8) is 0 Å². The second-order valence-electron chi connectivity index (χ2n) is 6.91. The van der Waals surface area contributed by atoms with Crippen molar-refractivity contribution in [2.24, 2.45) is 0 Å². The molecule has 1 aromatic carbocycles. The molecule has 2 aromatic heterocycles. The van der Waals surface area contributed by atoms with Gasteiger partial charge < -0.3 is 0 Å². The van der Waals surface area contributed by atoms with E-state index in [4.69, 9.17) is 4.98 Å². The second kappa shape index (κ2) is 8.59. The van der Waals surface area contributed by atoms with E-state index in [0.717, 1.165) is 41.6 Å². The van der Waals surface area contributed by atoms with Gasteiger partial charge in [-0.2, -0.15) is 0 Å². The summed E-state index contributed by atoms with van der Waals surface area (Å²) in [5.41, 5.74) is 1.92. The Morgan fingerprint density at radius 3 is 2.72 bits per heavy atom. The molecule has 29 heavy (non-hydrogen) atoms. The van der Waals surface area contributed by atoms with Crippen LogP contribution in [0.4, 0.5) is 0 Å². The van der Waals surface area contributed by atoms with E-state index >= 15 is 0 Å². The third kappa shape index (κ3) is 4.28. The molecule has 0 spiro atoms. The van der Waals surface area contributed by atoms with Crippen LogP contribution in [0.5, 0.6) is 0 Å². The van der Waals surface area contributed by atoms with Gasteiger partial charge in [0, 0.05) is 17.2 Å². The largest absolute Gasteiger partial charge is 0.268 e. The van der Waals surface area contributed by atoms with E-state index in [0.29, 0.717) is 17.5 Å². The Morgan fingerprint density at radius 2 is 1.97 bits per heavy atom. The number of thioether (sulfide) groups is 1. The summed E-state index contributed by atoms with van der Waals surface area (Å²) in [7, 11) is -3.23. The summed E-state index contributed by atoms with van der Waals surface area (Å²) in [5, 5.41) is 1.35. The molecule has 9 heteroatoms. The number of hydrogen-bond acceptors (Lipinski definition) is 6. The van der Waals surface area contributed by atoms with Crippen LogP contribution in [0, 0.1) is 0 Å². The van der Waals surface area contributed by atoms with Gasteiger partial charge in [-0.15, -0.1) is 11.3 Å². The molecule has 0 amide bonds. The van der Waals surface area contributed by atoms with Crippen LogP contribution in [0.2, 0.25) is 0 Å². The molecule has 1 N–H and O–H groups in total. The Hall–Kier alpha value is -1.68. The number of aryl methyl sites for hydroxylation is 2. The van der Waals surface area contributed by atoms with Gasteiger partial charge in [0.05, 0.1) is 16.8 Å². The van der Waals surface area contributed by atoms with Crippen LogP contribution in [0.3, 0.4) is 0 Å². The van der Waals surface area contributed by atoms with E-state index in [1.807, 2.05) is 30.3 Å². The highest BCUT2D eigenvalue weighted by molar-refractivity contribution is 7.99. The maximum atomic E-state index is 13.5. The molecule has 0 bridgehead atoms. The fraction of sp³-hybridized carbons (Fsp3) is 0.400. The molecule has 3 aromatic rings. The lowest BCUT2D eigenvalue weighted by molar-refractivity contribution is 0.585. The zero-order valence-corrected chi connectivity index (χ0v) is 18.6. The van der Waals surface area contributed by atoms with Gasteiger partial charge in [-0.1, -0.05) is 30.0 Å². The zero-order valence-electron chi connectivity index (χ0n) is 16.2. The van der Waals surface area contributed by atoms with Gasteiger partial charge in [0.15, 0.2) is 5.16 Å². The molecule has 1 aliphatic carbocycles. The van der Waals surface area contributed by atoms with E-state index in [9.17, 15) is 13.2 Å². The number of nitrogens with zero attached hydrogens (tertiary/aromatic N) is 2. The number of fused-ring (bicyclic) bond motifs is 3. The molecule has 0 unspecified atom stereocenters. The Kier molecular flexibility index (Phi) is 6.10. The monoisotopic (exact) mass is 449 g/mol. The quantitative estimate of drug-likeness (QED) is 0.340. The molecule has 1 aliphatic rings. The van der Waals surface area contributed by atoms with Crippen molar-refractivity contribution < 1.29 is 8.42 Å². The topological polar surface area (TPSA) is 81.1 Å². The molecule has 0 saturated heterocycles. The average Bonchev–Trinajstić information content (AvgIpc) is 3.10. The molecular formula is C20H23N3O3S3. The molecule has 0 atom stereocenters. The Morgan fingerprint density at radius 1 is 1.21 bits per heavy atom. The predicted molar refractivity (Wildman–Crippen MR) is 120 cm³/mol. The number of sulfonamides is 1. The average molecular weight is 450 g/mol. The van der Waals surface area contributed by atoms with Gasteiger partial charge in [-0.05, 0) is 50.3 Å². The van der Waals surface area contributed by atoms with Gasteiger partial charge in [0.25, 0.3) is 5.56 Å². The summed E-state index contributed by atoms with van der Waals surface area (Å²) in [6, 6.07) is 9.52. The van der Waals surface area contributed by atoms with Crippen molar-refractivity contribution in [1.29, 1.82) is 0 Å². The Bertz CT molecular complexity index is 1180. The number of thiophene rings is 1. The first-order valence-corrected chi connectivity index (χ1v) is 13.2. The number of aromatic nitrogens is 2. The highest BCUT2D eigenvalue weighted by Gasteiger charge is 2.22. The molecule has 4 rings (SSSR count). The number of benzene rings is 1. The molecule has 0 saturated carbocycles. The van der Waals surface area contributed by atoms with E-state index in [1.165, 1.54) is 22.2 Å². The van der Waals surface area contributed by atoms with Gasteiger partial charge in [0.2, 0.25) is 10.0 Å². The lowest BCUT2D eigenvalue weighted by atomic mass is 9.97. The van der Waals surface area contributed by atoms with E-state index < -0.39 is 10.0 Å². The molecule has 2 heterocycles. The SMILES string of the molecule is CCS(=O)(=O)NCCSc1nc2sc3c(c2c(=O)n1-c1ccccc1)CCCC3. The third-order valence-electron chi connectivity index (χ3n) is 5.01. The summed E-state index contributed by atoms with van der Waals surface area (Å²) in [5.74, 6) is 0.548. The number of rotatable bonds is 7. The fourth-order valence-electron chi connectivity index (χ4n) is 3.53. The highest BCUT2D eigenvalue weighted by Crippen LogP contribution is 2.35. The van der Waals surface area contributed by atoms with Crippen molar-refractivity contribution in [2.45, 2.75) is 37.8 Å². The minimum atomic E-state index is -3.23. The highest BCUT2D eigenvalue weighted by atomic mass is 32.2. The van der Waals surface area contributed by atoms with Crippen LogP contribution in [-0.2, 0) is 22.9 Å². The van der Waals surface area contributed by atoms with Crippen LogP contribution in [0.1, 0.15) is 30.2 Å². The molecule has 0 aliphatic heterocycles. The lowest BCUT2D eigenvalue weighted by Gasteiger charge is -2.13. The van der Waals surface area contributed by atoms with Crippen LogP contribution in [-0.4, -0.2) is 36.0 Å². The van der Waals surface area contributed by atoms with Crippen LogP contribution < -0.4 is 10.3 Å². The van der Waals surface area contributed by atoms with Crippen molar-refractivity contribution in [3.8, 4) is 5.69 Å². The van der Waals surface area contributed by atoms with Crippen molar-refractivity contribution in [1.82, 2.24) is 14.3 Å². The summed E-state index contributed by atoms with van der Waals surface area (Å²) in [4.78, 5) is 20.4. The molecule has 154 valence electrons. The van der Waals surface area contributed by atoms with Gasteiger partial charge >= 0.3 is 0 Å². The lowest BCUT2D eigenvalue weighted by Crippen LogP contribution is -2.28. The van der Waals surface area contributed by atoms with E-state index in [-0.39, 0.29) is 11.3 Å². The Balaban J connectivity index is 1.75. The number of para-hydroxylation sites is 1. The molecular weight excluding hydrogens is 426 g/mol. The first-order chi connectivity index (χ1) is 14.0. The van der Waals surface area contributed by atoms with Crippen molar-refractivity contribution >= 4 is 43.3 Å². The minimum Gasteiger partial charge on any atom is -0.268 e. The summed E-state index contributed by atoms with van der Waals surface area (Å²) in [6.07, 6.45) is 4.22. The standard InChI is InChI=1S/C20H23N3O3S3/c1-2-29(25,26)21-12-13-27-20-22-18-17(15-10-6-7-11-16(15)28-18)19(24)23(20)14-8-4-3-5-9-14/h3-5,8-9,21H,2,6-7,10-13H2,1H3. The van der Waals surface area contributed by atoms with E-state index in [2.05, 4.69) is 4.72 Å². The fourth-order valence-corrected chi connectivity index (χ4v) is 6.45. The van der Waals surface area contributed by atoms with Crippen molar-refractivity contribution in [3.05, 3.63) is 51.1 Å². The molecule has 0 radical (unpaired) electrons. The van der Waals surface area contributed by atoms with Gasteiger partial charge in [0.1, 0.15) is 4.83 Å². The maximum Gasteiger partial charge on any atom is 0.267 e. The van der Waals surface area contributed by atoms with Crippen LogP contribution in [0.25, 0.3) is 15.9 Å². The number of nitrogens with one attached hydrogen (secondary N) is 1. The molecule has 0 fully saturated rings. The zero-order chi connectivity index (χ0) is 20.4. The van der Waals surface area contributed by atoms with Crippen LogP contribution >= 0.6 is 23.1 Å². The first-order valence-electron chi connectivity index (χ1n) is 9.73. The summed E-state index contributed by atoms with van der Waals surface area (Å²) < 4.78 is 27.5. The summed E-state index contributed by atoms with van der Waals surface area (Å²) in [6.45, 7) is 1.90. The first kappa shape index (κ1) is 20.6. The molecule has 6 nitrogen and oxygen atoms in total. The van der Waals surface area contributed by atoms with Crippen LogP contribution in [0.15, 0.2) is 40.3 Å². The second-order valence-corrected chi connectivity index (χ2v) is 11.1. The number of hydrogen-bond donors (Lipinski definition) is 1. The minimum absolute atomic E-state index is 0.0303. The third-order valence-corrected chi connectivity index (χ3v) is 8.54. The predicted octanol–water partition coefficient (Wildman–Crippen LogP) is 3.36. The van der Waals surface area contributed by atoms with E-state index in [1.54, 1.807) is 22.8 Å². The van der Waals surface area contributed by atoms with Crippen molar-refractivity contribution in [2.75, 3.05) is 18.1 Å². The maximum absolute atomic E-state index is 13.5. The normalized spacial score (nSPS) is 14.2. The smallest absolute Gasteiger partial charge is 0.267 e. The Labute approximate surface area is 178 Å². The van der Waals surface area contributed by atoms with Gasteiger partial charge in [-0.25, -0.2) is 18.1 Å².